The van der Waals surface area contributed by atoms with E-state index in [1.165, 1.54) is 7.11 Å². The maximum absolute atomic E-state index is 12.3. The summed E-state index contributed by atoms with van der Waals surface area (Å²) in [4.78, 5) is 3.90. The van der Waals surface area contributed by atoms with Crippen LogP contribution in [-0.4, -0.2) is 25.7 Å². The number of hydrogen-bond acceptors (Lipinski definition) is 2. The minimum Gasteiger partial charge on any atom is -0.484 e. The molecule has 1 unspecified atom stereocenters. The van der Waals surface area contributed by atoms with Crippen LogP contribution in [0, 0.1) is 5.92 Å². The summed E-state index contributed by atoms with van der Waals surface area (Å²) in [6.45, 7) is 0.440. The van der Waals surface area contributed by atoms with Crippen LogP contribution in [0.1, 0.15) is 19.3 Å². The zero-order chi connectivity index (χ0) is 9.90. The summed E-state index contributed by atoms with van der Waals surface area (Å²) in [5.74, 6) is -1.06. The van der Waals surface area contributed by atoms with Crippen LogP contribution in [0.5, 0.6) is 0 Å². The van der Waals surface area contributed by atoms with Gasteiger partial charge in [-0.05, 0) is 12.8 Å². The number of hydrogen-bond donors (Lipinski definition) is 0. The molecule has 1 heterocycles. The first-order valence-corrected chi connectivity index (χ1v) is 4.18. The Balaban J connectivity index is 2.63. The van der Waals surface area contributed by atoms with Crippen molar-refractivity contribution >= 4 is 5.90 Å². The molecule has 1 aliphatic heterocycles. The zero-order valence-electron chi connectivity index (χ0n) is 7.40. The second kappa shape index (κ2) is 3.98. The van der Waals surface area contributed by atoms with Crippen molar-refractivity contribution in [2.45, 2.75) is 25.4 Å². The molecule has 0 fully saturated rings. The number of aliphatic imine (C=N–C) groups is 1. The predicted molar refractivity (Wildman–Crippen MR) is 42.7 cm³/mol. The molecule has 0 saturated carbocycles. The molecule has 0 aromatic heterocycles. The number of ether oxygens (including phenoxy) is 1. The van der Waals surface area contributed by atoms with E-state index < -0.39 is 12.1 Å². The van der Waals surface area contributed by atoms with Crippen LogP contribution in [0.4, 0.5) is 13.2 Å². The Labute approximate surface area is 74.8 Å². The van der Waals surface area contributed by atoms with E-state index in [2.05, 4.69) is 4.99 Å². The topological polar surface area (TPSA) is 21.6 Å². The van der Waals surface area contributed by atoms with E-state index in [1.807, 2.05) is 0 Å². The van der Waals surface area contributed by atoms with Crippen LogP contribution in [0.15, 0.2) is 4.99 Å². The number of methoxy groups -OCH3 is 1. The Bertz CT molecular complexity index is 200. The van der Waals surface area contributed by atoms with E-state index in [0.29, 0.717) is 13.0 Å². The normalized spacial score (nSPS) is 24.9. The molecule has 13 heavy (non-hydrogen) atoms. The van der Waals surface area contributed by atoms with Gasteiger partial charge in [-0.2, -0.15) is 13.2 Å². The molecule has 0 spiro atoms. The molecule has 0 aliphatic carbocycles. The van der Waals surface area contributed by atoms with Gasteiger partial charge >= 0.3 is 6.18 Å². The van der Waals surface area contributed by atoms with Crippen molar-refractivity contribution in [2.24, 2.45) is 10.9 Å². The van der Waals surface area contributed by atoms with Crippen molar-refractivity contribution in [3.63, 3.8) is 0 Å². The zero-order valence-corrected chi connectivity index (χ0v) is 7.40. The highest BCUT2D eigenvalue weighted by molar-refractivity contribution is 5.76. The van der Waals surface area contributed by atoms with Crippen molar-refractivity contribution in [3.05, 3.63) is 0 Å². The second-order valence-electron chi connectivity index (χ2n) is 3.06. The smallest absolute Gasteiger partial charge is 0.392 e. The SMILES string of the molecule is COC1=NCCCC(C(F)(F)F)C1. The van der Waals surface area contributed by atoms with Crippen molar-refractivity contribution in [1.82, 2.24) is 0 Å². The lowest BCUT2D eigenvalue weighted by molar-refractivity contribution is -0.174. The molecule has 1 aliphatic rings. The van der Waals surface area contributed by atoms with Gasteiger partial charge in [0.25, 0.3) is 0 Å². The summed E-state index contributed by atoms with van der Waals surface area (Å²) in [7, 11) is 1.36. The fourth-order valence-corrected chi connectivity index (χ4v) is 1.35. The molecule has 0 aromatic rings. The van der Waals surface area contributed by atoms with E-state index in [1.54, 1.807) is 0 Å². The molecule has 0 aromatic carbocycles. The molecule has 0 amide bonds. The highest BCUT2D eigenvalue weighted by atomic mass is 19.4. The number of alkyl halides is 3. The Kier molecular flexibility index (Phi) is 3.17. The molecular weight excluding hydrogens is 183 g/mol. The third-order valence-corrected chi connectivity index (χ3v) is 2.12. The first kappa shape index (κ1) is 10.3. The molecule has 0 saturated heterocycles. The molecule has 76 valence electrons. The van der Waals surface area contributed by atoms with Gasteiger partial charge < -0.3 is 4.74 Å². The van der Waals surface area contributed by atoms with Gasteiger partial charge in [0.1, 0.15) is 0 Å². The quantitative estimate of drug-likeness (QED) is 0.581. The maximum Gasteiger partial charge on any atom is 0.392 e. The Morgan fingerprint density at radius 1 is 1.46 bits per heavy atom. The van der Waals surface area contributed by atoms with E-state index in [4.69, 9.17) is 4.74 Å². The van der Waals surface area contributed by atoms with E-state index in [9.17, 15) is 13.2 Å². The molecule has 1 atom stereocenters. The third kappa shape index (κ3) is 2.90. The van der Waals surface area contributed by atoms with Crippen LogP contribution in [0.25, 0.3) is 0 Å². The number of rotatable bonds is 0. The standard InChI is InChI=1S/C8H12F3NO/c1-13-7-5-6(8(9,10)11)3-2-4-12-7/h6H,2-5H2,1H3. The van der Waals surface area contributed by atoms with Crippen molar-refractivity contribution < 1.29 is 17.9 Å². The first-order chi connectivity index (χ1) is 6.04. The lowest BCUT2D eigenvalue weighted by atomic mass is 10.00. The van der Waals surface area contributed by atoms with Gasteiger partial charge in [0, 0.05) is 13.0 Å². The lowest BCUT2D eigenvalue weighted by Gasteiger charge is -2.17. The van der Waals surface area contributed by atoms with Crippen LogP contribution in [0.3, 0.4) is 0 Å². The summed E-state index contributed by atoms with van der Waals surface area (Å²) in [6.07, 6.45) is -3.60. The molecule has 0 radical (unpaired) electrons. The average Bonchev–Trinajstić information content (AvgIpc) is 2.27. The van der Waals surface area contributed by atoms with Crippen molar-refractivity contribution in [2.75, 3.05) is 13.7 Å². The molecule has 0 bridgehead atoms. The summed E-state index contributed by atoms with van der Waals surface area (Å²) in [5, 5.41) is 0. The Morgan fingerprint density at radius 2 is 2.15 bits per heavy atom. The van der Waals surface area contributed by atoms with Gasteiger partial charge in [0.05, 0.1) is 13.0 Å². The lowest BCUT2D eigenvalue weighted by Crippen LogP contribution is -2.25. The number of nitrogens with zero attached hydrogens (tertiary/aromatic N) is 1. The summed E-state index contributed by atoms with van der Waals surface area (Å²) < 4.78 is 41.7. The monoisotopic (exact) mass is 195 g/mol. The maximum atomic E-state index is 12.3. The van der Waals surface area contributed by atoms with Gasteiger partial charge in [-0.25, -0.2) is 0 Å². The second-order valence-corrected chi connectivity index (χ2v) is 3.06. The van der Waals surface area contributed by atoms with Crippen molar-refractivity contribution in [3.8, 4) is 0 Å². The first-order valence-electron chi connectivity index (χ1n) is 4.18. The average molecular weight is 195 g/mol. The van der Waals surface area contributed by atoms with Crippen LogP contribution >= 0.6 is 0 Å². The fraction of sp³-hybridized carbons (Fsp3) is 0.875. The minimum absolute atomic E-state index is 0.111. The van der Waals surface area contributed by atoms with Crippen LogP contribution in [-0.2, 0) is 4.74 Å². The van der Waals surface area contributed by atoms with Crippen LogP contribution < -0.4 is 0 Å². The van der Waals surface area contributed by atoms with Gasteiger partial charge in [0.2, 0.25) is 0 Å². The van der Waals surface area contributed by atoms with Gasteiger partial charge in [-0.3, -0.25) is 4.99 Å². The van der Waals surface area contributed by atoms with Crippen molar-refractivity contribution in [1.29, 1.82) is 0 Å². The molecular formula is C8H12F3NO. The summed E-state index contributed by atoms with van der Waals surface area (Å²) >= 11 is 0. The molecule has 1 rings (SSSR count). The largest absolute Gasteiger partial charge is 0.484 e. The predicted octanol–water partition coefficient (Wildman–Crippen LogP) is 2.39. The minimum atomic E-state index is -4.12. The fourth-order valence-electron chi connectivity index (χ4n) is 1.35. The molecule has 2 nitrogen and oxygen atoms in total. The highest BCUT2D eigenvalue weighted by Gasteiger charge is 2.40. The van der Waals surface area contributed by atoms with Crippen LogP contribution in [0.2, 0.25) is 0 Å². The summed E-state index contributed by atoms with van der Waals surface area (Å²) in [5.41, 5.74) is 0. The summed E-state index contributed by atoms with van der Waals surface area (Å²) in [6, 6.07) is 0. The molecule has 0 N–H and O–H groups in total. The van der Waals surface area contributed by atoms with E-state index in [-0.39, 0.29) is 18.7 Å². The number of halogens is 3. The molecule has 5 heteroatoms. The van der Waals surface area contributed by atoms with Gasteiger partial charge in [-0.1, -0.05) is 0 Å². The Hall–Kier alpha value is -0.740. The van der Waals surface area contributed by atoms with Gasteiger partial charge in [0.15, 0.2) is 5.90 Å². The van der Waals surface area contributed by atoms with Gasteiger partial charge in [-0.15, -0.1) is 0 Å². The van der Waals surface area contributed by atoms with E-state index in [0.717, 1.165) is 0 Å². The highest BCUT2D eigenvalue weighted by Crippen LogP contribution is 2.33. The Morgan fingerprint density at radius 3 is 2.69 bits per heavy atom. The van der Waals surface area contributed by atoms with E-state index >= 15 is 0 Å². The third-order valence-electron chi connectivity index (χ3n) is 2.12.